The summed E-state index contributed by atoms with van der Waals surface area (Å²) >= 11 is 5.90. The Morgan fingerprint density at radius 3 is 2.38 bits per heavy atom. The fourth-order valence-corrected chi connectivity index (χ4v) is 2.35. The number of anilines is 1. The summed E-state index contributed by atoms with van der Waals surface area (Å²) in [6.07, 6.45) is 5.51. The molecule has 3 rings (SSSR count). The first kappa shape index (κ1) is 13.7. The highest BCUT2D eigenvalue weighted by Crippen LogP contribution is 2.21. The summed E-state index contributed by atoms with van der Waals surface area (Å²) in [4.78, 5) is 4.06. The van der Waals surface area contributed by atoms with E-state index in [0.717, 1.165) is 16.4 Å². The number of hydrogen-bond acceptors (Lipinski definition) is 2. The van der Waals surface area contributed by atoms with E-state index in [2.05, 4.69) is 41.5 Å². The van der Waals surface area contributed by atoms with E-state index in [1.807, 2.05) is 35.0 Å². The van der Waals surface area contributed by atoms with E-state index in [9.17, 15) is 0 Å². The van der Waals surface area contributed by atoms with Gasteiger partial charge in [-0.1, -0.05) is 23.7 Å². The van der Waals surface area contributed by atoms with Crippen molar-refractivity contribution in [3.05, 3.63) is 77.8 Å². The topological polar surface area (TPSA) is 29.9 Å². The van der Waals surface area contributed by atoms with Crippen LogP contribution in [0.25, 0.3) is 5.69 Å². The third-order valence-electron chi connectivity index (χ3n) is 3.42. The van der Waals surface area contributed by atoms with Crippen molar-refractivity contribution in [2.24, 2.45) is 0 Å². The second kappa shape index (κ2) is 6.02. The summed E-state index contributed by atoms with van der Waals surface area (Å²) in [6, 6.07) is 16.4. The van der Waals surface area contributed by atoms with E-state index in [1.54, 1.807) is 12.5 Å². The fourth-order valence-electron chi connectivity index (χ4n) is 2.23. The lowest BCUT2D eigenvalue weighted by Gasteiger charge is -2.16. The van der Waals surface area contributed by atoms with Crippen molar-refractivity contribution in [1.82, 2.24) is 9.55 Å². The Labute approximate surface area is 129 Å². The van der Waals surface area contributed by atoms with Crippen LogP contribution in [0, 0.1) is 0 Å². The maximum atomic E-state index is 5.90. The number of halogens is 1. The third-order valence-corrected chi connectivity index (χ3v) is 3.68. The zero-order chi connectivity index (χ0) is 14.7. The zero-order valence-corrected chi connectivity index (χ0v) is 12.5. The van der Waals surface area contributed by atoms with Crippen LogP contribution in [0.3, 0.4) is 0 Å². The van der Waals surface area contributed by atoms with Crippen molar-refractivity contribution in [3.8, 4) is 5.69 Å². The van der Waals surface area contributed by atoms with Crippen molar-refractivity contribution in [3.63, 3.8) is 0 Å². The molecule has 1 unspecified atom stereocenters. The predicted octanol–water partition coefficient (Wildman–Crippen LogP) is 4.70. The lowest BCUT2D eigenvalue weighted by Crippen LogP contribution is -2.06. The second-order valence-corrected chi connectivity index (χ2v) is 5.37. The zero-order valence-electron chi connectivity index (χ0n) is 11.7. The Morgan fingerprint density at radius 1 is 1.05 bits per heavy atom. The fraction of sp³-hybridized carbons (Fsp3) is 0.118. The average Bonchev–Trinajstić information content (AvgIpc) is 3.04. The number of imidazole rings is 1. The normalized spacial score (nSPS) is 12.1. The molecule has 0 aliphatic rings. The second-order valence-electron chi connectivity index (χ2n) is 4.93. The quantitative estimate of drug-likeness (QED) is 0.756. The van der Waals surface area contributed by atoms with Gasteiger partial charge < -0.3 is 9.88 Å². The van der Waals surface area contributed by atoms with Crippen molar-refractivity contribution in [2.75, 3.05) is 5.32 Å². The Kier molecular flexibility index (Phi) is 3.93. The van der Waals surface area contributed by atoms with Crippen LogP contribution in [-0.4, -0.2) is 9.55 Å². The Bertz CT molecular complexity index is 688. The highest BCUT2D eigenvalue weighted by atomic mass is 35.5. The highest BCUT2D eigenvalue weighted by Gasteiger charge is 2.05. The molecule has 0 amide bonds. The van der Waals surface area contributed by atoms with Crippen LogP contribution >= 0.6 is 11.6 Å². The minimum atomic E-state index is 0.225. The Morgan fingerprint density at radius 2 is 1.76 bits per heavy atom. The van der Waals surface area contributed by atoms with Gasteiger partial charge in [-0.2, -0.15) is 0 Å². The van der Waals surface area contributed by atoms with Gasteiger partial charge in [-0.3, -0.25) is 0 Å². The smallest absolute Gasteiger partial charge is 0.0991 e. The molecule has 4 heteroatoms. The largest absolute Gasteiger partial charge is 0.379 e. The summed E-state index contributed by atoms with van der Waals surface area (Å²) in [5.41, 5.74) is 3.40. The van der Waals surface area contributed by atoms with Crippen molar-refractivity contribution in [2.45, 2.75) is 13.0 Å². The molecule has 3 aromatic rings. The lowest BCUT2D eigenvalue weighted by atomic mass is 10.1. The van der Waals surface area contributed by atoms with Crippen LogP contribution in [0.4, 0.5) is 5.69 Å². The van der Waals surface area contributed by atoms with Gasteiger partial charge in [0.1, 0.15) is 0 Å². The molecule has 1 N–H and O–H groups in total. The molecule has 0 bridgehead atoms. The number of benzene rings is 2. The number of nitrogens with zero attached hydrogens (tertiary/aromatic N) is 2. The van der Waals surface area contributed by atoms with Gasteiger partial charge in [0.25, 0.3) is 0 Å². The van der Waals surface area contributed by atoms with Crippen molar-refractivity contribution >= 4 is 17.3 Å². The van der Waals surface area contributed by atoms with E-state index < -0.39 is 0 Å². The average molecular weight is 298 g/mol. The molecule has 106 valence electrons. The number of hydrogen-bond donors (Lipinski definition) is 1. The van der Waals surface area contributed by atoms with Crippen LogP contribution in [-0.2, 0) is 0 Å². The number of rotatable bonds is 4. The molecule has 1 aromatic heterocycles. The molecule has 0 aliphatic carbocycles. The van der Waals surface area contributed by atoms with Crippen molar-refractivity contribution in [1.29, 1.82) is 0 Å². The molecule has 0 fully saturated rings. The lowest BCUT2D eigenvalue weighted by molar-refractivity contribution is 0.883. The van der Waals surface area contributed by atoms with Gasteiger partial charge in [0.15, 0.2) is 0 Å². The van der Waals surface area contributed by atoms with Gasteiger partial charge in [0.2, 0.25) is 0 Å². The predicted molar refractivity (Wildman–Crippen MR) is 87.1 cm³/mol. The van der Waals surface area contributed by atoms with Gasteiger partial charge in [-0.05, 0) is 48.9 Å². The molecule has 1 atom stereocenters. The van der Waals surface area contributed by atoms with E-state index in [1.165, 1.54) is 5.56 Å². The van der Waals surface area contributed by atoms with E-state index in [-0.39, 0.29) is 6.04 Å². The van der Waals surface area contributed by atoms with Crippen LogP contribution < -0.4 is 5.32 Å². The van der Waals surface area contributed by atoms with Gasteiger partial charge in [-0.15, -0.1) is 0 Å². The molecule has 2 aromatic carbocycles. The molecule has 0 radical (unpaired) electrons. The molecular weight excluding hydrogens is 282 g/mol. The third kappa shape index (κ3) is 3.26. The van der Waals surface area contributed by atoms with Crippen LogP contribution in [0.5, 0.6) is 0 Å². The molecule has 0 saturated carbocycles. The molecule has 0 aliphatic heterocycles. The Hall–Kier alpha value is -2.26. The van der Waals surface area contributed by atoms with E-state index >= 15 is 0 Å². The molecule has 1 heterocycles. The maximum Gasteiger partial charge on any atom is 0.0991 e. The summed E-state index contributed by atoms with van der Waals surface area (Å²) < 4.78 is 1.99. The minimum Gasteiger partial charge on any atom is -0.379 e. The Balaban J connectivity index is 1.73. The molecule has 0 spiro atoms. The maximum absolute atomic E-state index is 5.90. The molecule has 0 saturated heterocycles. The van der Waals surface area contributed by atoms with Crippen LogP contribution in [0.1, 0.15) is 18.5 Å². The van der Waals surface area contributed by atoms with E-state index in [0.29, 0.717) is 0 Å². The first-order chi connectivity index (χ1) is 10.2. The summed E-state index contributed by atoms with van der Waals surface area (Å²) in [6.45, 7) is 2.14. The van der Waals surface area contributed by atoms with Crippen molar-refractivity contribution < 1.29 is 0 Å². The summed E-state index contributed by atoms with van der Waals surface area (Å²) in [5, 5.41) is 4.21. The van der Waals surface area contributed by atoms with Gasteiger partial charge in [-0.25, -0.2) is 4.98 Å². The van der Waals surface area contributed by atoms with E-state index in [4.69, 9.17) is 11.6 Å². The van der Waals surface area contributed by atoms with Crippen LogP contribution in [0.2, 0.25) is 5.02 Å². The van der Waals surface area contributed by atoms with Crippen LogP contribution in [0.15, 0.2) is 67.3 Å². The molecular formula is C17H16ClN3. The monoisotopic (exact) mass is 297 g/mol. The van der Waals surface area contributed by atoms with Gasteiger partial charge >= 0.3 is 0 Å². The number of aromatic nitrogens is 2. The molecule has 21 heavy (non-hydrogen) atoms. The number of nitrogens with one attached hydrogen (secondary N) is 1. The SMILES string of the molecule is CC(Nc1ccc(Cl)cc1)c1ccc(-n2ccnc2)cc1. The van der Waals surface area contributed by atoms with Gasteiger partial charge in [0.05, 0.1) is 6.33 Å². The van der Waals surface area contributed by atoms with Gasteiger partial charge in [0, 0.05) is 34.8 Å². The standard InChI is InChI=1S/C17H16ClN3/c1-13(20-16-6-4-15(18)5-7-16)14-2-8-17(9-3-14)21-11-10-19-12-21/h2-13,20H,1H3. The highest BCUT2D eigenvalue weighted by molar-refractivity contribution is 6.30. The summed E-state index contributed by atoms with van der Waals surface area (Å²) in [5.74, 6) is 0. The first-order valence-electron chi connectivity index (χ1n) is 6.83. The molecule has 3 nitrogen and oxygen atoms in total. The summed E-state index contributed by atoms with van der Waals surface area (Å²) in [7, 11) is 0. The first-order valence-corrected chi connectivity index (χ1v) is 7.20. The minimum absolute atomic E-state index is 0.225.